The molecule has 2 atom stereocenters. The zero-order valence-electron chi connectivity index (χ0n) is 9.87. The van der Waals surface area contributed by atoms with Gasteiger partial charge < -0.3 is 9.47 Å². The second-order valence-electron chi connectivity index (χ2n) is 4.15. The third kappa shape index (κ3) is 2.48. The third-order valence-electron chi connectivity index (χ3n) is 2.98. The molecule has 0 radical (unpaired) electrons. The highest BCUT2D eigenvalue weighted by atomic mass is 16.6. The minimum Gasteiger partial charge on any atom is -0.469 e. The first-order valence-corrected chi connectivity index (χ1v) is 5.54. The van der Waals surface area contributed by atoms with Gasteiger partial charge in [0.05, 0.1) is 31.2 Å². The highest BCUT2D eigenvalue weighted by Crippen LogP contribution is 2.38. The van der Waals surface area contributed by atoms with E-state index in [-0.39, 0.29) is 30.1 Å². The second-order valence-corrected chi connectivity index (χ2v) is 4.15. The lowest BCUT2D eigenvalue weighted by atomic mass is 9.89. The van der Waals surface area contributed by atoms with Crippen molar-refractivity contribution in [1.29, 1.82) is 0 Å². The fraction of sp³-hybridized carbons (Fsp3) is 0.417. The largest absolute Gasteiger partial charge is 0.469 e. The van der Waals surface area contributed by atoms with E-state index in [4.69, 9.17) is 4.74 Å². The van der Waals surface area contributed by atoms with Crippen LogP contribution in [0.15, 0.2) is 24.3 Å². The summed E-state index contributed by atoms with van der Waals surface area (Å²) in [5.74, 6) is -0.266. The number of hydrogen-bond acceptors (Lipinski definition) is 5. The van der Waals surface area contributed by atoms with Gasteiger partial charge in [0.15, 0.2) is 0 Å². The number of benzene rings is 1. The molecule has 0 saturated carbocycles. The maximum absolute atomic E-state index is 11.2. The number of non-ortho nitro benzene ring substituents is 1. The van der Waals surface area contributed by atoms with E-state index in [2.05, 4.69) is 4.74 Å². The van der Waals surface area contributed by atoms with Crippen molar-refractivity contribution >= 4 is 11.7 Å². The van der Waals surface area contributed by atoms with E-state index in [9.17, 15) is 14.9 Å². The Balaban J connectivity index is 2.10. The van der Waals surface area contributed by atoms with Crippen LogP contribution in [-0.4, -0.2) is 24.6 Å². The third-order valence-corrected chi connectivity index (χ3v) is 2.98. The Bertz CT molecular complexity index is 473. The van der Waals surface area contributed by atoms with Gasteiger partial charge in [0.2, 0.25) is 0 Å². The maximum atomic E-state index is 11.2. The molecule has 1 fully saturated rings. The predicted molar refractivity (Wildman–Crippen MR) is 61.9 cm³/mol. The number of carbonyl (C=O) groups is 1. The summed E-state index contributed by atoms with van der Waals surface area (Å²) in [5.41, 5.74) is 0.754. The SMILES string of the molecule is COC(=O)CC1COC1c1cccc([N+](=O)[O-])c1. The predicted octanol–water partition coefficient (Wildman–Crippen LogP) is 1.85. The van der Waals surface area contributed by atoms with Crippen LogP contribution in [0.5, 0.6) is 0 Å². The molecular weight excluding hydrogens is 238 g/mol. The average molecular weight is 251 g/mol. The van der Waals surface area contributed by atoms with Crippen LogP contribution in [0.2, 0.25) is 0 Å². The van der Waals surface area contributed by atoms with E-state index >= 15 is 0 Å². The summed E-state index contributed by atoms with van der Waals surface area (Å²) in [7, 11) is 1.34. The summed E-state index contributed by atoms with van der Waals surface area (Å²) >= 11 is 0. The smallest absolute Gasteiger partial charge is 0.305 e. The van der Waals surface area contributed by atoms with Gasteiger partial charge >= 0.3 is 5.97 Å². The Morgan fingerprint density at radius 2 is 2.39 bits per heavy atom. The molecule has 18 heavy (non-hydrogen) atoms. The lowest BCUT2D eigenvalue weighted by Crippen LogP contribution is -2.34. The van der Waals surface area contributed by atoms with Gasteiger partial charge in [-0.05, 0) is 5.56 Å². The first-order valence-electron chi connectivity index (χ1n) is 5.54. The summed E-state index contributed by atoms with van der Waals surface area (Å²) in [6, 6.07) is 6.29. The van der Waals surface area contributed by atoms with Crippen LogP contribution in [0, 0.1) is 16.0 Å². The van der Waals surface area contributed by atoms with Gasteiger partial charge in [0.25, 0.3) is 5.69 Å². The van der Waals surface area contributed by atoms with Gasteiger partial charge in [-0.3, -0.25) is 14.9 Å². The Morgan fingerprint density at radius 3 is 2.94 bits per heavy atom. The molecule has 1 aliphatic rings. The number of esters is 1. The van der Waals surface area contributed by atoms with Crippen molar-refractivity contribution in [1.82, 2.24) is 0 Å². The standard InChI is InChI=1S/C12H13NO5/c1-17-11(14)6-9-7-18-12(9)8-3-2-4-10(5-8)13(15)16/h2-5,9,12H,6-7H2,1H3. The topological polar surface area (TPSA) is 78.7 Å². The first kappa shape index (κ1) is 12.5. The molecule has 0 spiro atoms. The number of rotatable bonds is 4. The van der Waals surface area contributed by atoms with E-state index in [0.717, 1.165) is 5.56 Å². The molecule has 1 aliphatic heterocycles. The van der Waals surface area contributed by atoms with Crippen LogP contribution in [0.1, 0.15) is 18.1 Å². The van der Waals surface area contributed by atoms with Crippen molar-refractivity contribution in [3.05, 3.63) is 39.9 Å². The maximum Gasteiger partial charge on any atom is 0.305 e. The fourth-order valence-corrected chi connectivity index (χ4v) is 1.98. The molecule has 0 amide bonds. The van der Waals surface area contributed by atoms with Crippen molar-refractivity contribution in [2.75, 3.05) is 13.7 Å². The van der Waals surface area contributed by atoms with Crippen molar-refractivity contribution in [2.45, 2.75) is 12.5 Å². The van der Waals surface area contributed by atoms with Crippen LogP contribution >= 0.6 is 0 Å². The van der Waals surface area contributed by atoms with Crippen molar-refractivity contribution < 1.29 is 19.2 Å². The summed E-state index contributed by atoms with van der Waals surface area (Å²) in [5, 5.41) is 10.7. The monoisotopic (exact) mass is 251 g/mol. The molecule has 2 rings (SSSR count). The van der Waals surface area contributed by atoms with E-state index in [1.54, 1.807) is 12.1 Å². The molecule has 0 aromatic heterocycles. The summed E-state index contributed by atoms with van der Waals surface area (Å²) in [6.45, 7) is 0.475. The number of nitrogens with zero attached hydrogens (tertiary/aromatic N) is 1. The summed E-state index contributed by atoms with van der Waals surface area (Å²) < 4.78 is 9.98. The normalized spacial score (nSPS) is 22.1. The first-order chi connectivity index (χ1) is 8.61. The molecule has 6 heteroatoms. The number of ether oxygens (including phenoxy) is 2. The second kappa shape index (κ2) is 5.14. The van der Waals surface area contributed by atoms with Crippen LogP contribution in [0.4, 0.5) is 5.69 Å². The van der Waals surface area contributed by atoms with Crippen LogP contribution in [0.25, 0.3) is 0 Å². The van der Waals surface area contributed by atoms with E-state index in [0.29, 0.717) is 6.61 Å². The van der Waals surface area contributed by atoms with Gasteiger partial charge in [-0.1, -0.05) is 12.1 Å². The van der Waals surface area contributed by atoms with Gasteiger partial charge in [-0.25, -0.2) is 0 Å². The quantitative estimate of drug-likeness (QED) is 0.463. The molecule has 0 bridgehead atoms. The van der Waals surface area contributed by atoms with Gasteiger partial charge in [-0.2, -0.15) is 0 Å². The lowest BCUT2D eigenvalue weighted by Gasteiger charge is -2.36. The molecule has 1 aromatic carbocycles. The number of carbonyl (C=O) groups excluding carboxylic acids is 1. The number of methoxy groups -OCH3 is 1. The highest BCUT2D eigenvalue weighted by Gasteiger charge is 2.35. The Kier molecular flexibility index (Phi) is 3.57. The fourth-order valence-electron chi connectivity index (χ4n) is 1.98. The molecule has 2 unspecified atom stereocenters. The average Bonchev–Trinajstić information content (AvgIpc) is 2.34. The number of nitro benzene ring substituents is 1. The molecule has 1 heterocycles. The number of hydrogen-bond donors (Lipinski definition) is 0. The van der Waals surface area contributed by atoms with Crippen LogP contribution in [0.3, 0.4) is 0 Å². The van der Waals surface area contributed by atoms with Crippen molar-refractivity contribution in [3.63, 3.8) is 0 Å². The number of nitro groups is 1. The van der Waals surface area contributed by atoms with Crippen molar-refractivity contribution in [3.8, 4) is 0 Å². The van der Waals surface area contributed by atoms with Gasteiger partial charge in [0, 0.05) is 18.1 Å². The minimum absolute atomic E-state index is 0.0273. The van der Waals surface area contributed by atoms with E-state index < -0.39 is 4.92 Å². The molecule has 0 N–H and O–H groups in total. The Hall–Kier alpha value is -1.95. The zero-order chi connectivity index (χ0) is 13.1. The Labute approximate surface area is 104 Å². The van der Waals surface area contributed by atoms with Crippen molar-refractivity contribution in [2.24, 2.45) is 5.92 Å². The minimum atomic E-state index is -0.447. The molecule has 1 aromatic rings. The lowest BCUT2D eigenvalue weighted by molar-refractivity contribution is -0.385. The molecule has 0 aliphatic carbocycles. The summed E-state index contributed by atoms with van der Waals surface area (Å²) in [4.78, 5) is 21.4. The summed E-state index contributed by atoms with van der Waals surface area (Å²) in [6.07, 6.45) is 0.00753. The molecular formula is C12H13NO5. The molecule has 96 valence electrons. The Morgan fingerprint density at radius 1 is 1.61 bits per heavy atom. The van der Waals surface area contributed by atoms with E-state index in [1.165, 1.54) is 19.2 Å². The molecule has 6 nitrogen and oxygen atoms in total. The molecule has 1 saturated heterocycles. The van der Waals surface area contributed by atoms with Crippen LogP contribution < -0.4 is 0 Å². The highest BCUT2D eigenvalue weighted by molar-refractivity contribution is 5.69. The van der Waals surface area contributed by atoms with Gasteiger partial charge in [0.1, 0.15) is 0 Å². The van der Waals surface area contributed by atoms with Gasteiger partial charge in [-0.15, -0.1) is 0 Å². The van der Waals surface area contributed by atoms with Crippen LogP contribution in [-0.2, 0) is 14.3 Å². The van der Waals surface area contributed by atoms with E-state index in [1.807, 2.05) is 0 Å². The zero-order valence-corrected chi connectivity index (χ0v) is 9.87.